The summed E-state index contributed by atoms with van der Waals surface area (Å²) in [5.41, 5.74) is 1.38. The number of aliphatic carboxylic acids is 1. The standard InChI is InChI=1S/C17H24N2O2/c20-17(21)13-18-9-8-15(10-18)12-19(16-6-7-16)11-14-4-2-1-3-5-14/h1-5,15-16H,6-13H2,(H,20,21)/t15-/m0/s1. The van der Waals surface area contributed by atoms with Crippen molar-refractivity contribution in [3.05, 3.63) is 35.9 Å². The molecular weight excluding hydrogens is 264 g/mol. The fourth-order valence-electron chi connectivity index (χ4n) is 3.33. The SMILES string of the molecule is O=C(O)CN1CC[C@H](CN(Cc2ccccc2)C2CC2)C1. The summed E-state index contributed by atoms with van der Waals surface area (Å²) >= 11 is 0. The van der Waals surface area contributed by atoms with Crippen LogP contribution in [0.3, 0.4) is 0 Å². The molecule has 4 heteroatoms. The molecule has 1 atom stereocenters. The maximum absolute atomic E-state index is 10.8. The van der Waals surface area contributed by atoms with Gasteiger partial charge in [-0.05, 0) is 37.3 Å². The molecule has 1 aliphatic carbocycles. The lowest BCUT2D eigenvalue weighted by Gasteiger charge is -2.25. The van der Waals surface area contributed by atoms with Gasteiger partial charge < -0.3 is 5.11 Å². The van der Waals surface area contributed by atoms with E-state index in [-0.39, 0.29) is 6.54 Å². The van der Waals surface area contributed by atoms with Gasteiger partial charge in [0.2, 0.25) is 0 Å². The van der Waals surface area contributed by atoms with Gasteiger partial charge in [-0.3, -0.25) is 14.6 Å². The average Bonchev–Trinajstić information content (AvgIpc) is 3.22. The summed E-state index contributed by atoms with van der Waals surface area (Å²) in [7, 11) is 0. The quantitative estimate of drug-likeness (QED) is 0.834. The molecule has 1 N–H and O–H groups in total. The maximum atomic E-state index is 10.8. The number of nitrogens with zero attached hydrogens (tertiary/aromatic N) is 2. The number of hydrogen-bond donors (Lipinski definition) is 1. The molecule has 1 saturated heterocycles. The predicted molar refractivity (Wildman–Crippen MR) is 82.1 cm³/mol. The average molecular weight is 288 g/mol. The minimum atomic E-state index is -0.709. The van der Waals surface area contributed by atoms with Crippen LogP contribution in [0.5, 0.6) is 0 Å². The second-order valence-electron chi connectivity index (χ2n) is 6.43. The lowest BCUT2D eigenvalue weighted by Crippen LogP contribution is -2.33. The maximum Gasteiger partial charge on any atom is 0.317 e. The summed E-state index contributed by atoms with van der Waals surface area (Å²) in [5.74, 6) is -0.0901. The number of carbonyl (C=O) groups is 1. The van der Waals surface area contributed by atoms with Gasteiger partial charge in [-0.1, -0.05) is 30.3 Å². The van der Waals surface area contributed by atoms with E-state index in [1.54, 1.807) is 0 Å². The highest BCUT2D eigenvalue weighted by Gasteiger charge is 2.32. The Bertz CT molecular complexity index is 473. The zero-order chi connectivity index (χ0) is 14.7. The highest BCUT2D eigenvalue weighted by atomic mass is 16.4. The van der Waals surface area contributed by atoms with Gasteiger partial charge >= 0.3 is 5.97 Å². The number of likely N-dealkylation sites (tertiary alicyclic amines) is 1. The second-order valence-corrected chi connectivity index (χ2v) is 6.43. The molecule has 3 rings (SSSR count). The van der Waals surface area contributed by atoms with E-state index in [1.807, 2.05) is 0 Å². The molecule has 0 unspecified atom stereocenters. The van der Waals surface area contributed by atoms with Crippen molar-refractivity contribution in [2.24, 2.45) is 5.92 Å². The number of rotatable bonds is 7. The van der Waals surface area contributed by atoms with Crippen molar-refractivity contribution in [1.29, 1.82) is 0 Å². The van der Waals surface area contributed by atoms with Crippen LogP contribution in [0, 0.1) is 5.92 Å². The summed E-state index contributed by atoms with van der Waals surface area (Å²) < 4.78 is 0. The van der Waals surface area contributed by atoms with E-state index in [2.05, 4.69) is 40.1 Å². The van der Waals surface area contributed by atoms with Crippen molar-refractivity contribution in [2.45, 2.75) is 31.8 Å². The van der Waals surface area contributed by atoms with Crippen LogP contribution >= 0.6 is 0 Å². The Morgan fingerprint density at radius 3 is 2.67 bits per heavy atom. The van der Waals surface area contributed by atoms with E-state index in [1.165, 1.54) is 18.4 Å². The van der Waals surface area contributed by atoms with Crippen molar-refractivity contribution in [1.82, 2.24) is 9.80 Å². The Labute approximate surface area is 126 Å². The summed E-state index contributed by atoms with van der Waals surface area (Å²) in [5, 5.41) is 8.88. The molecule has 0 aromatic heterocycles. The Balaban J connectivity index is 1.53. The number of carboxylic acids is 1. The van der Waals surface area contributed by atoms with Crippen LogP contribution in [0.15, 0.2) is 30.3 Å². The van der Waals surface area contributed by atoms with E-state index in [0.717, 1.165) is 38.6 Å². The fraction of sp³-hybridized carbons (Fsp3) is 0.588. The molecule has 1 aliphatic heterocycles. The molecule has 0 bridgehead atoms. The molecule has 0 spiro atoms. The van der Waals surface area contributed by atoms with Gasteiger partial charge in [0, 0.05) is 25.7 Å². The number of hydrogen-bond acceptors (Lipinski definition) is 3. The van der Waals surface area contributed by atoms with Crippen LogP contribution < -0.4 is 0 Å². The molecule has 4 nitrogen and oxygen atoms in total. The van der Waals surface area contributed by atoms with Crippen molar-refractivity contribution >= 4 is 5.97 Å². The molecule has 114 valence electrons. The molecule has 1 aromatic rings. The molecule has 2 fully saturated rings. The first kappa shape index (κ1) is 14.5. The fourth-order valence-corrected chi connectivity index (χ4v) is 3.33. The first-order chi connectivity index (χ1) is 10.2. The molecule has 1 aromatic carbocycles. The minimum Gasteiger partial charge on any atom is -0.480 e. The van der Waals surface area contributed by atoms with Gasteiger partial charge in [0.1, 0.15) is 0 Å². The van der Waals surface area contributed by atoms with Crippen LogP contribution in [-0.4, -0.2) is 53.1 Å². The number of carboxylic acid groups (broad SMARTS) is 1. The third kappa shape index (κ3) is 4.29. The Hall–Kier alpha value is -1.39. The molecule has 0 radical (unpaired) electrons. The van der Waals surface area contributed by atoms with Crippen molar-refractivity contribution < 1.29 is 9.90 Å². The van der Waals surface area contributed by atoms with Gasteiger partial charge in [0.05, 0.1) is 6.54 Å². The van der Waals surface area contributed by atoms with Crippen molar-refractivity contribution in [2.75, 3.05) is 26.2 Å². The normalized spacial score (nSPS) is 22.8. The summed E-state index contributed by atoms with van der Waals surface area (Å²) in [6.07, 6.45) is 3.77. The van der Waals surface area contributed by atoms with E-state index in [9.17, 15) is 4.79 Å². The first-order valence-corrected chi connectivity index (χ1v) is 7.93. The third-order valence-corrected chi connectivity index (χ3v) is 4.51. The van der Waals surface area contributed by atoms with Crippen LogP contribution in [-0.2, 0) is 11.3 Å². The predicted octanol–water partition coefficient (Wildman–Crippen LogP) is 2.06. The van der Waals surface area contributed by atoms with Crippen LogP contribution in [0.25, 0.3) is 0 Å². The van der Waals surface area contributed by atoms with E-state index in [0.29, 0.717) is 5.92 Å². The zero-order valence-electron chi connectivity index (χ0n) is 12.4. The molecular formula is C17H24N2O2. The summed E-state index contributed by atoms with van der Waals surface area (Å²) in [6, 6.07) is 11.4. The van der Waals surface area contributed by atoms with Crippen molar-refractivity contribution in [3.63, 3.8) is 0 Å². The lowest BCUT2D eigenvalue weighted by atomic mass is 10.1. The highest BCUT2D eigenvalue weighted by Crippen LogP contribution is 2.30. The summed E-state index contributed by atoms with van der Waals surface area (Å²) in [4.78, 5) is 15.5. The van der Waals surface area contributed by atoms with Crippen LogP contribution in [0.4, 0.5) is 0 Å². The molecule has 1 saturated carbocycles. The Morgan fingerprint density at radius 1 is 1.24 bits per heavy atom. The van der Waals surface area contributed by atoms with Gasteiger partial charge in [-0.25, -0.2) is 0 Å². The molecule has 2 aliphatic rings. The smallest absolute Gasteiger partial charge is 0.317 e. The van der Waals surface area contributed by atoms with Crippen molar-refractivity contribution in [3.8, 4) is 0 Å². The van der Waals surface area contributed by atoms with Crippen LogP contribution in [0.2, 0.25) is 0 Å². The zero-order valence-corrected chi connectivity index (χ0v) is 12.4. The lowest BCUT2D eigenvalue weighted by molar-refractivity contribution is -0.138. The first-order valence-electron chi connectivity index (χ1n) is 7.93. The van der Waals surface area contributed by atoms with E-state index < -0.39 is 5.97 Å². The Kier molecular flexibility index (Phi) is 4.56. The van der Waals surface area contributed by atoms with Gasteiger partial charge in [0.15, 0.2) is 0 Å². The van der Waals surface area contributed by atoms with Gasteiger partial charge in [0.25, 0.3) is 0 Å². The molecule has 21 heavy (non-hydrogen) atoms. The second kappa shape index (κ2) is 6.58. The van der Waals surface area contributed by atoms with Crippen LogP contribution in [0.1, 0.15) is 24.8 Å². The topological polar surface area (TPSA) is 43.8 Å². The van der Waals surface area contributed by atoms with Gasteiger partial charge in [-0.2, -0.15) is 0 Å². The summed E-state index contributed by atoms with van der Waals surface area (Å²) in [6.45, 7) is 4.19. The monoisotopic (exact) mass is 288 g/mol. The largest absolute Gasteiger partial charge is 0.480 e. The minimum absolute atomic E-state index is 0.193. The Morgan fingerprint density at radius 2 is 2.00 bits per heavy atom. The highest BCUT2D eigenvalue weighted by molar-refractivity contribution is 5.69. The third-order valence-electron chi connectivity index (χ3n) is 4.51. The number of benzene rings is 1. The molecule has 0 amide bonds. The van der Waals surface area contributed by atoms with E-state index in [4.69, 9.17) is 5.11 Å². The molecule has 1 heterocycles. The van der Waals surface area contributed by atoms with E-state index >= 15 is 0 Å². The van der Waals surface area contributed by atoms with Gasteiger partial charge in [-0.15, -0.1) is 0 Å².